The first kappa shape index (κ1) is 11.5. The van der Waals surface area contributed by atoms with Crippen LogP contribution >= 0.6 is 0 Å². The molecule has 3 rings (SSSR count). The summed E-state index contributed by atoms with van der Waals surface area (Å²) in [6, 6.07) is 11.6. The highest BCUT2D eigenvalue weighted by atomic mass is 16.3. The van der Waals surface area contributed by atoms with Gasteiger partial charge in [-0.05, 0) is 29.0 Å². The third-order valence-corrected chi connectivity index (χ3v) is 3.21. The quantitative estimate of drug-likeness (QED) is 0.635. The van der Waals surface area contributed by atoms with Crippen molar-refractivity contribution in [3.05, 3.63) is 71.1 Å². The van der Waals surface area contributed by atoms with Crippen LogP contribution in [-0.4, -0.2) is 0 Å². The zero-order chi connectivity index (χ0) is 13.4. The van der Waals surface area contributed by atoms with Crippen LogP contribution in [0.25, 0.3) is 33.9 Å². The van der Waals surface area contributed by atoms with Crippen molar-refractivity contribution in [1.29, 1.82) is 0 Å². The fourth-order valence-corrected chi connectivity index (χ4v) is 2.26. The Hall–Kier alpha value is -2.61. The summed E-state index contributed by atoms with van der Waals surface area (Å²) in [6.07, 6.45) is 3.05. The maximum Gasteiger partial charge on any atom is 0.200 e. The number of hydrogen-bond acceptors (Lipinski definition) is 2. The van der Waals surface area contributed by atoms with Gasteiger partial charge in [0.25, 0.3) is 0 Å². The van der Waals surface area contributed by atoms with Crippen molar-refractivity contribution in [1.82, 2.24) is 0 Å². The van der Waals surface area contributed by atoms with Gasteiger partial charge in [-0.1, -0.05) is 43.5 Å². The highest BCUT2D eigenvalue weighted by Crippen LogP contribution is 2.23. The maximum atomic E-state index is 12.4. The summed E-state index contributed by atoms with van der Waals surface area (Å²) in [5.41, 5.74) is 0.957. The van der Waals surface area contributed by atoms with Gasteiger partial charge in [-0.25, -0.2) is 0 Å². The van der Waals surface area contributed by atoms with E-state index >= 15 is 0 Å². The Morgan fingerprint density at radius 3 is 2.32 bits per heavy atom. The monoisotopic (exact) mass is 248 g/mol. The Balaban J connectivity index is 2.54. The Labute approximate surface area is 110 Å². The second kappa shape index (κ2) is 4.25. The Morgan fingerprint density at radius 2 is 1.68 bits per heavy atom. The molecule has 0 saturated carbocycles. The number of rotatable bonds is 2. The second-order valence-electron chi connectivity index (χ2n) is 4.31. The topological polar surface area (TPSA) is 30.2 Å². The normalized spacial score (nSPS) is 10.7. The van der Waals surface area contributed by atoms with Gasteiger partial charge in [0.05, 0.1) is 10.9 Å². The number of benzene rings is 2. The Morgan fingerprint density at radius 1 is 1.00 bits per heavy atom. The average molecular weight is 248 g/mol. The molecule has 2 aromatic carbocycles. The van der Waals surface area contributed by atoms with Crippen LogP contribution in [0.2, 0.25) is 0 Å². The van der Waals surface area contributed by atoms with E-state index in [2.05, 4.69) is 13.2 Å². The van der Waals surface area contributed by atoms with Gasteiger partial charge in [-0.3, -0.25) is 4.79 Å². The molecular formula is C17H12O2. The highest BCUT2D eigenvalue weighted by Gasteiger charge is 2.10. The van der Waals surface area contributed by atoms with Gasteiger partial charge in [-0.15, -0.1) is 0 Å². The van der Waals surface area contributed by atoms with Crippen LogP contribution in [0.4, 0.5) is 0 Å². The lowest BCUT2D eigenvalue weighted by Gasteiger charge is -2.05. The molecule has 0 aliphatic carbocycles. The Kier molecular flexibility index (Phi) is 2.57. The van der Waals surface area contributed by atoms with Crippen molar-refractivity contribution in [2.45, 2.75) is 0 Å². The van der Waals surface area contributed by atoms with Crippen molar-refractivity contribution in [2.75, 3.05) is 0 Å². The fraction of sp³-hybridized carbons (Fsp3) is 0. The molecule has 0 amide bonds. The average Bonchev–Trinajstić information content (AvgIpc) is 2.45. The molecule has 0 saturated heterocycles. The molecule has 2 nitrogen and oxygen atoms in total. The maximum absolute atomic E-state index is 12.4. The van der Waals surface area contributed by atoms with Crippen molar-refractivity contribution in [3.63, 3.8) is 0 Å². The summed E-state index contributed by atoms with van der Waals surface area (Å²) in [6.45, 7) is 7.33. The van der Waals surface area contributed by atoms with E-state index in [9.17, 15) is 4.79 Å². The first-order valence-electron chi connectivity index (χ1n) is 5.99. The van der Waals surface area contributed by atoms with Crippen molar-refractivity contribution >= 4 is 33.9 Å². The van der Waals surface area contributed by atoms with E-state index in [1.807, 2.05) is 36.4 Å². The SMILES string of the molecule is C=Cc1oc2cc3ccccc3cc2c(=O)c1C=C. The molecule has 0 radical (unpaired) electrons. The first-order valence-corrected chi connectivity index (χ1v) is 5.99. The fourth-order valence-electron chi connectivity index (χ4n) is 2.26. The van der Waals surface area contributed by atoms with Crippen molar-refractivity contribution in [3.8, 4) is 0 Å². The molecule has 0 atom stereocenters. The molecule has 19 heavy (non-hydrogen) atoms. The first-order chi connectivity index (χ1) is 9.24. The molecule has 2 heteroatoms. The zero-order valence-electron chi connectivity index (χ0n) is 10.3. The smallest absolute Gasteiger partial charge is 0.200 e. The van der Waals surface area contributed by atoms with E-state index in [4.69, 9.17) is 4.42 Å². The van der Waals surface area contributed by atoms with E-state index in [0.29, 0.717) is 22.3 Å². The van der Waals surface area contributed by atoms with Gasteiger partial charge in [0.2, 0.25) is 5.43 Å². The predicted octanol–water partition coefficient (Wildman–Crippen LogP) is 4.23. The summed E-state index contributed by atoms with van der Waals surface area (Å²) < 4.78 is 5.73. The van der Waals surface area contributed by atoms with Gasteiger partial charge in [0.15, 0.2) is 0 Å². The third-order valence-electron chi connectivity index (χ3n) is 3.21. The van der Waals surface area contributed by atoms with E-state index in [-0.39, 0.29) is 5.43 Å². The molecule has 0 aliphatic heterocycles. The summed E-state index contributed by atoms with van der Waals surface area (Å²) in [5.74, 6) is 0.461. The minimum Gasteiger partial charge on any atom is -0.456 e. The van der Waals surface area contributed by atoms with Crippen LogP contribution in [-0.2, 0) is 0 Å². The van der Waals surface area contributed by atoms with Gasteiger partial charge in [0.1, 0.15) is 11.3 Å². The third kappa shape index (κ3) is 1.69. The minimum atomic E-state index is -0.0723. The van der Waals surface area contributed by atoms with Gasteiger partial charge in [0, 0.05) is 0 Å². The van der Waals surface area contributed by atoms with Gasteiger partial charge >= 0.3 is 0 Å². The lowest BCUT2D eigenvalue weighted by atomic mass is 10.0. The van der Waals surface area contributed by atoms with E-state index in [1.54, 1.807) is 0 Å². The predicted molar refractivity (Wildman–Crippen MR) is 80.2 cm³/mol. The van der Waals surface area contributed by atoms with Crippen LogP contribution in [0.3, 0.4) is 0 Å². The molecule has 0 aliphatic rings. The largest absolute Gasteiger partial charge is 0.456 e. The summed E-state index contributed by atoms with van der Waals surface area (Å²) >= 11 is 0. The van der Waals surface area contributed by atoms with E-state index in [1.165, 1.54) is 12.2 Å². The zero-order valence-corrected chi connectivity index (χ0v) is 10.3. The highest BCUT2D eigenvalue weighted by molar-refractivity contribution is 5.96. The van der Waals surface area contributed by atoms with E-state index in [0.717, 1.165) is 10.8 Å². The standard InChI is InChI=1S/C17H12O2/c1-3-13-15(4-2)19-16-10-12-8-6-5-7-11(12)9-14(16)17(13)18/h3-10H,1-2H2. The minimum absolute atomic E-state index is 0.0723. The molecule has 1 aromatic heterocycles. The molecular weight excluding hydrogens is 236 g/mol. The Bertz CT molecular complexity index is 869. The molecule has 92 valence electrons. The van der Waals surface area contributed by atoms with Crippen LogP contribution < -0.4 is 5.43 Å². The molecule has 3 aromatic rings. The lowest BCUT2D eigenvalue weighted by molar-refractivity contribution is 0.590. The summed E-state index contributed by atoms with van der Waals surface area (Å²) in [4.78, 5) is 12.4. The molecule has 0 fully saturated rings. The molecule has 0 spiro atoms. The molecule has 1 heterocycles. The van der Waals surface area contributed by atoms with Gasteiger partial charge < -0.3 is 4.42 Å². The lowest BCUT2D eigenvalue weighted by Crippen LogP contribution is -2.07. The molecule has 0 N–H and O–H groups in total. The summed E-state index contributed by atoms with van der Waals surface area (Å²) in [7, 11) is 0. The second-order valence-corrected chi connectivity index (χ2v) is 4.31. The van der Waals surface area contributed by atoms with Crippen LogP contribution in [0.5, 0.6) is 0 Å². The van der Waals surface area contributed by atoms with E-state index < -0.39 is 0 Å². The number of hydrogen-bond donors (Lipinski definition) is 0. The van der Waals surface area contributed by atoms with Crippen LogP contribution in [0.15, 0.2) is 58.8 Å². The van der Waals surface area contributed by atoms with Crippen LogP contribution in [0, 0.1) is 0 Å². The van der Waals surface area contributed by atoms with Crippen LogP contribution in [0.1, 0.15) is 11.3 Å². The number of fused-ring (bicyclic) bond motifs is 2. The van der Waals surface area contributed by atoms with Gasteiger partial charge in [-0.2, -0.15) is 0 Å². The molecule has 0 unspecified atom stereocenters. The summed E-state index contributed by atoms with van der Waals surface area (Å²) in [5, 5.41) is 2.63. The van der Waals surface area contributed by atoms with Crippen molar-refractivity contribution < 1.29 is 4.42 Å². The van der Waals surface area contributed by atoms with Crippen molar-refractivity contribution in [2.24, 2.45) is 0 Å². The molecule has 0 bridgehead atoms.